The van der Waals surface area contributed by atoms with Crippen LogP contribution in [0.5, 0.6) is 5.75 Å². The third-order valence-electron chi connectivity index (χ3n) is 4.99. The van der Waals surface area contributed by atoms with Crippen LogP contribution in [0.25, 0.3) is 11.8 Å². The van der Waals surface area contributed by atoms with Crippen LogP contribution in [0.1, 0.15) is 11.3 Å². The largest absolute Gasteiger partial charge is 0.487 e. The molecule has 0 radical (unpaired) electrons. The molecule has 0 aliphatic carbocycles. The van der Waals surface area contributed by atoms with Crippen molar-refractivity contribution in [2.24, 2.45) is 10.1 Å². The van der Waals surface area contributed by atoms with Gasteiger partial charge in [-0.2, -0.15) is 15.1 Å². The highest BCUT2D eigenvalue weighted by atomic mass is 32.2. The molecule has 5 rings (SSSR count). The summed E-state index contributed by atoms with van der Waals surface area (Å²) < 4.78 is 7.70. The summed E-state index contributed by atoms with van der Waals surface area (Å²) >= 11 is 1.24. The van der Waals surface area contributed by atoms with E-state index in [1.165, 1.54) is 22.3 Å². The lowest BCUT2D eigenvalue weighted by Gasteiger charge is -2.20. The van der Waals surface area contributed by atoms with E-state index < -0.39 is 5.91 Å². The zero-order valence-corrected chi connectivity index (χ0v) is 18.0. The van der Waals surface area contributed by atoms with E-state index in [1.807, 2.05) is 84.4 Å². The van der Waals surface area contributed by atoms with Crippen LogP contribution in [0.4, 0.5) is 0 Å². The van der Waals surface area contributed by atoms with Gasteiger partial charge in [-0.3, -0.25) is 10.2 Å². The highest BCUT2D eigenvalue weighted by molar-refractivity contribution is 8.27. The fourth-order valence-electron chi connectivity index (χ4n) is 3.35. The first-order chi connectivity index (χ1) is 15.6. The number of ether oxygens (including phenoxy) is 1. The predicted octanol–water partition coefficient (Wildman–Crippen LogP) is 4.48. The molecule has 8 heteroatoms. The number of thioether (sulfide) groups is 1. The van der Waals surface area contributed by atoms with Crippen molar-refractivity contribution in [1.29, 1.82) is 5.41 Å². The summed E-state index contributed by atoms with van der Waals surface area (Å²) in [4.78, 5) is 16.9. The first kappa shape index (κ1) is 20.0. The first-order valence-corrected chi connectivity index (χ1v) is 10.8. The van der Waals surface area contributed by atoms with E-state index in [9.17, 15) is 4.79 Å². The van der Waals surface area contributed by atoms with E-state index in [0.717, 1.165) is 17.1 Å². The maximum absolute atomic E-state index is 12.7. The van der Waals surface area contributed by atoms with Gasteiger partial charge in [0, 0.05) is 17.6 Å². The Morgan fingerprint density at radius 2 is 1.84 bits per heavy atom. The van der Waals surface area contributed by atoms with Crippen molar-refractivity contribution in [1.82, 2.24) is 9.58 Å². The van der Waals surface area contributed by atoms with Gasteiger partial charge < -0.3 is 9.30 Å². The fourth-order valence-corrected chi connectivity index (χ4v) is 4.15. The Bertz CT molecular complexity index is 1290. The normalized spacial score (nSPS) is 16.8. The number of aryl methyl sites for hydroxylation is 1. The molecular formula is C24H19N5O2S. The lowest BCUT2D eigenvalue weighted by molar-refractivity contribution is -0.114. The lowest BCUT2D eigenvalue weighted by Crippen LogP contribution is -2.35. The van der Waals surface area contributed by atoms with Gasteiger partial charge in [-0.1, -0.05) is 35.9 Å². The molecule has 2 aliphatic rings. The fraction of sp³-hybridized carbons (Fsp3) is 0.0833. The van der Waals surface area contributed by atoms with Crippen LogP contribution in [0, 0.1) is 12.3 Å². The Balaban J connectivity index is 1.39. The number of para-hydroxylation sites is 1. The molecule has 0 saturated carbocycles. The second kappa shape index (κ2) is 8.32. The van der Waals surface area contributed by atoms with E-state index in [1.54, 1.807) is 6.08 Å². The zero-order chi connectivity index (χ0) is 22.1. The SMILES string of the molecule is Cc1ccc(-n2cccc2/C=C2/C(=N)N3N=C(COc4ccccc4)SC3=NC2=O)cc1. The molecule has 158 valence electrons. The third kappa shape index (κ3) is 3.88. The second-order valence-electron chi connectivity index (χ2n) is 7.25. The van der Waals surface area contributed by atoms with Crippen LogP contribution >= 0.6 is 11.8 Å². The van der Waals surface area contributed by atoms with Crippen LogP contribution in [0.15, 0.2) is 88.6 Å². The third-order valence-corrected chi connectivity index (χ3v) is 5.87. The van der Waals surface area contributed by atoms with Gasteiger partial charge >= 0.3 is 0 Å². The van der Waals surface area contributed by atoms with Crippen molar-refractivity contribution in [2.75, 3.05) is 6.61 Å². The molecule has 0 bridgehead atoms. The standard InChI is InChI=1S/C24H19N5O2S/c1-16-9-11-17(12-10-16)28-13-5-6-18(28)14-20-22(25)29-24(26-23(20)30)32-21(27-29)15-31-19-7-3-2-4-8-19/h2-14,25H,15H2,1H3/b20-14-,25-22?. The van der Waals surface area contributed by atoms with E-state index in [0.29, 0.717) is 10.2 Å². The minimum absolute atomic E-state index is 0.00105. The van der Waals surface area contributed by atoms with Crippen LogP contribution in [-0.4, -0.2) is 38.1 Å². The van der Waals surface area contributed by atoms with Gasteiger partial charge in [0.15, 0.2) is 5.84 Å². The van der Waals surface area contributed by atoms with Crippen molar-refractivity contribution in [3.8, 4) is 11.4 Å². The number of fused-ring (bicyclic) bond motifs is 1. The summed E-state index contributed by atoms with van der Waals surface area (Å²) in [5.74, 6) is 0.274. The quantitative estimate of drug-likeness (QED) is 0.592. The summed E-state index contributed by atoms with van der Waals surface area (Å²) in [7, 11) is 0. The molecule has 0 unspecified atom stereocenters. The van der Waals surface area contributed by atoms with Crippen LogP contribution < -0.4 is 4.74 Å². The molecule has 0 atom stereocenters. The Labute approximate surface area is 189 Å². The highest BCUT2D eigenvalue weighted by Gasteiger charge is 2.35. The number of aliphatic imine (C=N–C) groups is 1. The first-order valence-electron chi connectivity index (χ1n) is 10.00. The molecule has 2 aliphatic heterocycles. The number of aromatic nitrogens is 1. The highest BCUT2D eigenvalue weighted by Crippen LogP contribution is 2.29. The minimum Gasteiger partial charge on any atom is -0.487 e. The van der Waals surface area contributed by atoms with Gasteiger partial charge in [0.05, 0.1) is 5.57 Å². The van der Waals surface area contributed by atoms with Gasteiger partial charge in [-0.15, -0.1) is 0 Å². The molecule has 3 heterocycles. The second-order valence-corrected chi connectivity index (χ2v) is 8.29. The number of hydrogen-bond acceptors (Lipinski definition) is 5. The number of rotatable bonds is 5. The van der Waals surface area contributed by atoms with Crippen molar-refractivity contribution in [2.45, 2.75) is 6.92 Å². The predicted molar refractivity (Wildman–Crippen MR) is 127 cm³/mol. The van der Waals surface area contributed by atoms with E-state index in [-0.39, 0.29) is 18.0 Å². The Morgan fingerprint density at radius 1 is 1.06 bits per heavy atom. The van der Waals surface area contributed by atoms with Crippen molar-refractivity contribution >= 4 is 39.8 Å². The van der Waals surface area contributed by atoms with E-state index >= 15 is 0 Å². The molecule has 3 aromatic rings. The molecular weight excluding hydrogens is 422 g/mol. The summed E-state index contributed by atoms with van der Waals surface area (Å²) in [6.07, 6.45) is 3.61. The number of hydrogen-bond donors (Lipinski definition) is 1. The molecule has 32 heavy (non-hydrogen) atoms. The Morgan fingerprint density at radius 3 is 2.62 bits per heavy atom. The van der Waals surface area contributed by atoms with Gasteiger partial charge in [-0.25, -0.2) is 0 Å². The lowest BCUT2D eigenvalue weighted by atomic mass is 10.1. The van der Waals surface area contributed by atoms with Gasteiger partial charge in [0.25, 0.3) is 5.91 Å². The van der Waals surface area contributed by atoms with Crippen molar-refractivity contribution < 1.29 is 9.53 Å². The molecule has 0 fully saturated rings. The number of amidine groups is 2. The van der Waals surface area contributed by atoms with Gasteiger partial charge in [0.1, 0.15) is 17.4 Å². The Hall–Kier alpha value is -3.91. The number of nitrogens with zero attached hydrogens (tertiary/aromatic N) is 4. The minimum atomic E-state index is -0.453. The summed E-state index contributed by atoms with van der Waals surface area (Å²) in [6, 6.07) is 21.3. The topological polar surface area (TPSA) is 83.0 Å². The van der Waals surface area contributed by atoms with Crippen molar-refractivity contribution in [3.63, 3.8) is 0 Å². The van der Waals surface area contributed by atoms with Crippen LogP contribution in [0.3, 0.4) is 0 Å². The maximum atomic E-state index is 12.7. The number of amides is 1. The van der Waals surface area contributed by atoms with Gasteiger partial charge in [-0.05, 0) is 61.2 Å². The molecule has 1 N–H and O–H groups in total. The molecule has 0 saturated heterocycles. The summed E-state index contributed by atoms with van der Waals surface area (Å²) in [5.41, 5.74) is 3.12. The van der Waals surface area contributed by atoms with Crippen molar-refractivity contribution in [3.05, 3.63) is 89.8 Å². The summed E-state index contributed by atoms with van der Waals surface area (Å²) in [6.45, 7) is 2.27. The number of nitrogens with one attached hydrogen (secondary N) is 1. The average molecular weight is 442 g/mol. The zero-order valence-electron chi connectivity index (χ0n) is 17.2. The van der Waals surface area contributed by atoms with E-state index in [2.05, 4.69) is 10.1 Å². The molecule has 7 nitrogen and oxygen atoms in total. The molecule has 1 amide bonds. The molecule has 0 spiro atoms. The maximum Gasteiger partial charge on any atom is 0.283 e. The number of hydrazone groups is 1. The van der Waals surface area contributed by atoms with Gasteiger partial charge in [0.2, 0.25) is 5.17 Å². The van der Waals surface area contributed by atoms with E-state index in [4.69, 9.17) is 10.1 Å². The molecule has 2 aromatic carbocycles. The summed E-state index contributed by atoms with van der Waals surface area (Å²) in [5, 5.41) is 15.4. The van der Waals surface area contributed by atoms with Crippen LogP contribution in [-0.2, 0) is 4.79 Å². The number of carbonyl (C=O) groups is 1. The number of carbonyl (C=O) groups excluding carboxylic acids is 1. The number of benzene rings is 2. The smallest absolute Gasteiger partial charge is 0.283 e. The Kier molecular flexibility index (Phi) is 5.20. The van der Waals surface area contributed by atoms with Crippen LogP contribution in [0.2, 0.25) is 0 Å². The monoisotopic (exact) mass is 441 g/mol. The molecule has 1 aromatic heterocycles. The average Bonchev–Trinajstić information content (AvgIpc) is 3.43.